The van der Waals surface area contributed by atoms with Gasteiger partial charge in [-0.1, -0.05) is 24.3 Å². The quantitative estimate of drug-likeness (QED) is 0.449. The first-order valence-electron chi connectivity index (χ1n) is 10.9. The number of ether oxygens (including phenoxy) is 1. The highest BCUT2D eigenvalue weighted by atomic mass is 16.5. The molecule has 1 heterocycles. The summed E-state index contributed by atoms with van der Waals surface area (Å²) in [4.78, 5) is 49.7. The van der Waals surface area contributed by atoms with Crippen molar-refractivity contribution in [3.8, 4) is 11.5 Å². The molecular weight excluding hydrogens is 442 g/mol. The predicted molar refractivity (Wildman–Crippen MR) is 121 cm³/mol. The van der Waals surface area contributed by atoms with Crippen LogP contribution >= 0.6 is 0 Å². The first-order valence-corrected chi connectivity index (χ1v) is 10.9. The van der Waals surface area contributed by atoms with Crippen molar-refractivity contribution in [1.29, 1.82) is 0 Å². The molecule has 2 atom stereocenters. The number of hydrogen-bond donors (Lipinski definition) is 5. The third kappa shape index (κ3) is 6.96. The molecule has 3 rings (SSSR count). The number of nitrogens with one attached hydrogen (secondary N) is 3. The Bertz CT molecular complexity index is 1040. The Morgan fingerprint density at radius 3 is 2.50 bits per heavy atom. The largest absolute Gasteiger partial charge is 0.508 e. The monoisotopic (exact) mass is 469 g/mol. The van der Waals surface area contributed by atoms with Crippen LogP contribution in [0.2, 0.25) is 0 Å². The van der Waals surface area contributed by atoms with Gasteiger partial charge < -0.3 is 30.9 Å². The van der Waals surface area contributed by atoms with Crippen LogP contribution in [0.15, 0.2) is 48.5 Å². The van der Waals surface area contributed by atoms with E-state index in [-0.39, 0.29) is 43.7 Å². The van der Waals surface area contributed by atoms with Gasteiger partial charge in [0.05, 0.1) is 12.2 Å². The van der Waals surface area contributed by atoms with E-state index in [2.05, 4.69) is 16.0 Å². The van der Waals surface area contributed by atoms with E-state index >= 15 is 0 Å². The number of phenols is 1. The molecule has 2 aromatic rings. The number of amides is 3. The third-order valence-corrected chi connectivity index (χ3v) is 5.30. The molecule has 2 aromatic carbocycles. The van der Waals surface area contributed by atoms with E-state index in [1.54, 1.807) is 30.3 Å². The number of para-hydroxylation sites is 1. The molecule has 0 saturated heterocycles. The fraction of sp³-hybridized carbons (Fsp3) is 0.333. The molecule has 1 aliphatic rings. The van der Waals surface area contributed by atoms with Crippen LogP contribution in [0, 0.1) is 0 Å². The molecule has 180 valence electrons. The normalized spacial score (nSPS) is 20.2. The van der Waals surface area contributed by atoms with Crippen LogP contribution in [-0.2, 0) is 20.8 Å². The number of carboxylic acid groups (broad SMARTS) is 1. The maximum Gasteiger partial charge on any atom is 0.326 e. The predicted octanol–water partition coefficient (Wildman–Crippen LogP) is 0.982. The SMILES string of the molecule is O=C1CC[C@@H](C(=O)O)NC(=O)c2ccccc2OCCCNC(=O)[C@H](Cc2ccc(O)cc2)N1. The van der Waals surface area contributed by atoms with Gasteiger partial charge in [0.25, 0.3) is 5.91 Å². The number of carbonyl (C=O) groups excluding carboxylic acids is 3. The molecule has 0 bridgehead atoms. The molecule has 0 spiro atoms. The van der Waals surface area contributed by atoms with Gasteiger partial charge in [-0.25, -0.2) is 4.79 Å². The lowest BCUT2D eigenvalue weighted by Crippen LogP contribution is -2.49. The van der Waals surface area contributed by atoms with Gasteiger partial charge in [0.1, 0.15) is 23.6 Å². The van der Waals surface area contributed by atoms with Gasteiger partial charge in [0, 0.05) is 19.4 Å². The minimum atomic E-state index is -1.30. The topological polar surface area (TPSA) is 154 Å². The molecule has 0 aliphatic carbocycles. The zero-order valence-electron chi connectivity index (χ0n) is 18.5. The number of carbonyl (C=O) groups is 4. The average Bonchev–Trinajstić information content (AvgIpc) is 2.81. The molecule has 34 heavy (non-hydrogen) atoms. The molecule has 0 radical (unpaired) electrons. The molecule has 0 saturated carbocycles. The van der Waals surface area contributed by atoms with E-state index in [1.165, 1.54) is 18.2 Å². The van der Waals surface area contributed by atoms with Crippen molar-refractivity contribution in [2.75, 3.05) is 13.2 Å². The van der Waals surface area contributed by atoms with Crippen LogP contribution < -0.4 is 20.7 Å². The highest BCUT2D eigenvalue weighted by molar-refractivity contribution is 5.99. The lowest BCUT2D eigenvalue weighted by Gasteiger charge is -2.21. The van der Waals surface area contributed by atoms with Gasteiger partial charge in [0.2, 0.25) is 11.8 Å². The van der Waals surface area contributed by atoms with E-state index in [0.717, 1.165) is 5.56 Å². The summed E-state index contributed by atoms with van der Waals surface area (Å²) in [7, 11) is 0. The Morgan fingerprint density at radius 2 is 1.76 bits per heavy atom. The lowest BCUT2D eigenvalue weighted by molar-refractivity contribution is -0.139. The van der Waals surface area contributed by atoms with Crippen molar-refractivity contribution in [3.63, 3.8) is 0 Å². The van der Waals surface area contributed by atoms with E-state index in [1.807, 2.05) is 0 Å². The Kier molecular flexibility index (Phi) is 8.44. The average molecular weight is 469 g/mol. The summed E-state index contributed by atoms with van der Waals surface area (Å²) < 4.78 is 5.69. The second-order valence-corrected chi connectivity index (χ2v) is 7.88. The summed E-state index contributed by atoms with van der Waals surface area (Å²) in [6.45, 7) is 0.498. The minimum absolute atomic E-state index is 0.0820. The fourth-order valence-corrected chi connectivity index (χ4v) is 3.48. The second kappa shape index (κ2) is 11.7. The maximum atomic E-state index is 12.8. The standard InChI is InChI=1S/C24H27N3O7/c28-16-8-6-15(7-9-16)14-19-23(31)25-12-3-13-34-20-5-2-1-4-17(20)22(30)27-18(24(32)33)10-11-21(29)26-19/h1-2,4-9,18-19,28H,3,10-14H2,(H,25,31)(H,26,29)(H,27,30)(H,32,33)/t18-,19-/m0/s1. The minimum Gasteiger partial charge on any atom is -0.508 e. The third-order valence-electron chi connectivity index (χ3n) is 5.30. The van der Waals surface area contributed by atoms with Crippen molar-refractivity contribution in [2.24, 2.45) is 0 Å². The number of hydrogen-bond acceptors (Lipinski definition) is 6. The van der Waals surface area contributed by atoms with Gasteiger partial charge >= 0.3 is 5.97 Å². The summed E-state index contributed by atoms with van der Waals surface area (Å²) in [5, 5.41) is 26.9. The molecule has 3 amide bonds. The van der Waals surface area contributed by atoms with Crippen LogP contribution in [0.4, 0.5) is 0 Å². The van der Waals surface area contributed by atoms with Crippen molar-refractivity contribution in [3.05, 3.63) is 59.7 Å². The zero-order chi connectivity index (χ0) is 24.5. The van der Waals surface area contributed by atoms with E-state index < -0.39 is 35.8 Å². The Hall–Kier alpha value is -4.08. The number of phenolic OH excluding ortho intramolecular Hbond substituents is 1. The summed E-state index contributed by atoms with van der Waals surface area (Å²) in [6, 6.07) is 10.5. The van der Waals surface area contributed by atoms with E-state index in [0.29, 0.717) is 12.2 Å². The summed E-state index contributed by atoms with van der Waals surface area (Å²) in [6.07, 6.45) is 0.248. The first kappa shape index (κ1) is 24.6. The summed E-state index contributed by atoms with van der Waals surface area (Å²) >= 11 is 0. The van der Waals surface area contributed by atoms with Crippen LogP contribution in [0.5, 0.6) is 11.5 Å². The van der Waals surface area contributed by atoms with Gasteiger partial charge in [-0.3, -0.25) is 14.4 Å². The fourth-order valence-electron chi connectivity index (χ4n) is 3.48. The number of aliphatic carboxylic acids is 1. The Labute approximate surface area is 196 Å². The van der Waals surface area contributed by atoms with Crippen molar-refractivity contribution in [1.82, 2.24) is 16.0 Å². The lowest BCUT2D eigenvalue weighted by atomic mass is 10.0. The van der Waals surface area contributed by atoms with Gasteiger partial charge in [0.15, 0.2) is 0 Å². The van der Waals surface area contributed by atoms with E-state index in [4.69, 9.17) is 4.74 Å². The van der Waals surface area contributed by atoms with Gasteiger partial charge in [-0.05, 0) is 42.7 Å². The van der Waals surface area contributed by atoms with Crippen LogP contribution in [0.3, 0.4) is 0 Å². The second-order valence-electron chi connectivity index (χ2n) is 7.88. The molecule has 10 heteroatoms. The van der Waals surface area contributed by atoms with Crippen LogP contribution in [0.1, 0.15) is 35.2 Å². The van der Waals surface area contributed by atoms with E-state index in [9.17, 15) is 29.4 Å². The zero-order valence-corrected chi connectivity index (χ0v) is 18.5. The van der Waals surface area contributed by atoms with Crippen LogP contribution in [-0.4, -0.2) is 59.1 Å². The van der Waals surface area contributed by atoms with Crippen LogP contribution in [0.25, 0.3) is 0 Å². The molecule has 0 aromatic heterocycles. The summed E-state index contributed by atoms with van der Waals surface area (Å²) in [5.74, 6) is -2.43. The summed E-state index contributed by atoms with van der Waals surface area (Å²) in [5.41, 5.74) is 0.909. The maximum absolute atomic E-state index is 12.8. The number of fused-ring (bicyclic) bond motifs is 1. The number of benzene rings is 2. The van der Waals surface area contributed by atoms with Crippen molar-refractivity contribution < 1.29 is 34.1 Å². The number of carboxylic acids is 1. The highest BCUT2D eigenvalue weighted by Crippen LogP contribution is 2.19. The number of aromatic hydroxyl groups is 1. The molecular formula is C24H27N3O7. The van der Waals surface area contributed by atoms with Crippen molar-refractivity contribution in [2.45, 2.75) is 37.8 Å². The van der Waals surface area contributed by atoms with Gasteiger partial charge in [-0.2, -0.15) is 0 Å². The molecule has 0 fully saturated rings. The first-order chi connectivity index (χ1) is 16.3. The number of rotatable bonds is 3. The van der Waals surface area contributed by atoms with Crippen molar-refractivity contribution >= 4 is 23.7 Å². The van der Waals surface area contributed by atoms with Gasteiger partial charge in [-0.15, -0.1) is 0 Å². The Balaban J connectivity index is 1.78. The Morgan fingerprint density at radius 1 is 1.03 bits per heavy atom. The molecule has 0 unspecified atom stereocenters. The molecule has 5 N–H and O–H groups in total. The molecule has 10 nitrogen and oxygen atoms in total. The molecule has 1 aliphatic heterocycles. The highest BCUT2D eigenvalue weighted by Gasteiger charge is 2.26. The smallest absolute Gasteiger partial charge is 0.326 e.